The fourth-order valence-electron chi connectivity index (χ4n) is 4.67. The standard InChI is InChI=1S/C27H43F3N4O2SSi/c1-25(2,3)37(35)33-21(16-26(11-12-26)27(28,29)30)24-32-20-10-9-19(23(31)18-7-8-18)15-22(20)34(24)17-36-13-14-38(4,5)6/h9-10,15,18,21,23,33H,7-8,11-14,16-17,31H2,1-6H3/t21-,23+,37+/m0/s1. The van der Waals surface area contributed by atoms with Crippen molar-refractivity contribution >= 4 is 30.5 Å². The van der Waals surface area contributed by atoms with Crippen LogP contribution in [0.3, 0.4) is 0 Å². The second kappa shape index (κ2) is 10.7. The number of nitrogens with one attached hydrogen (secondary N) is 1. The highest BCUT2D eigenvalue weighted by molar-refractivity contribution is 7.90. The van der Waals surface area contributed by atoms with E-state index in [1.165, 1.54) is 0 Å². The molecule has 11 heteroatoms. The first-order valence-corrected chi connectivity index (χ1v) is 18.4. The number of hydrogen-bond donors (Lipinski definition) is 2. The molecule has 2 aliphatic carbocycles. The van der Waals surface area contributed by atoms with Gasteiger partial charge in [-0.15, -0.1) is 4.72 Å². The highest BCUT2D eigenvalue weighted by atomic mass is 32.2. The lowest BCUT2D eigenvalue weighted by Gasteiger charge is -2.30. The Morgan fingerprint density at radius 2 is 1.89 bits per heavy atom. The van der Waals surface area contributed by atoms with Crippen molar-refractivity contribution in [3.8, 4) is 0 Å². The Morgan fingerprint density at radius 1 is 1.24 bits per heavy atom. The molecule has 0 bridgehead atoms. The number of ether oxygens (including phenoxy) is 1. The van der Waals surface area contributed by atoms with Gasteiger partial charge in [0.1, 0.15) is 23.3 Å². The van der Waals surface area contributed by atoms with E-state index in [2.05, 4.69) is 24.4 Å². The molecule has 2 aliphatic rings. The Balaban J connectivity index is 1.74. The number of rotatable bonds is 12. The maximum atomic E-state index is 14.1. The number of fused-ring (bicyclic) bond motifs is 1. The number of alkyl halides is 3. The van der Waals surface area contributed by atoms with Crippen LogP contribution >= 0.6 is 0 Å². The highest BCUT2D eigenvalue weighted by Crippen LogP contribution is 2.62. The Kier molecular flexibility index (Phi) is 8.41. The Bertz CT molecular complexity index is 1120. The van der Waals surface area contributed by atoms with Gasteiger partial charge in [0, 0.05) is 32.1 Å². The van der Waals surface area contributed by atoms with Crippen LogP contribution in [0, 0.1) is 11.3 Å². The molecule has 1 aromatic carbocycles. The van der Waals surface area contributed by atoms with Gasteiger partial charge in [-0.25, -0.2) is 4.98 Å². The number of imidazole rings is 1. The minimum Gasteiger partial charge on any atom is -0.598 e. The van der Waals surface area contributed by atoms with Crippen LogP contribution in [0.4, 0.5) is 13.2 Å². The second-order valence-corrected chi connectivity index (χ2v) is 21.0. The zero-order chi connectivity index (χ0) is 28.1. The van der Waals surface area contributed by atoms with Crippen molar-refractivity contribution in [2.24, 2.45) is 17.1 Å². The van der Waals surface area contributed by atoms with Gasteiger partial charge in [0.05, 0.1) is 16.4 Å². The fourth-order valence-corrected chi connectivity index (χ4v) is 6.22. The van der Waals surface area contributed by atoms with E-state index >= 15 is 0 Å². The van der Waals surface area contributed by atoms with Crippen LogP contribution in [0.5, 0.6) is 0 Å². The Hall–Kier alpha value is -1.11. The third-order valence-electron chi connectivity index (χ3n) is 7.70. The zero-order valence-electron chi connectivity index (χ0n) is 23.5. The van der Waals surface area contributed by atoms with Crippen molar-refractivity contribution in [1.29, 1.82) is 0 Å². The number of aromatic nitrogens is 2. The maximum Gasteiger partial charge on any atom is 0.394 e. The van der Waals surface area contributed by atoms with Gasteiger partial charge in [0.2, 0.25) is 0 Å². The van der Waals surface area contributed by atoms with Crippen LogP contribution in [0.15, 0.2) is 18.2 Å². The molecule has 6 nitrogen and oxygen atoms in total. The van der Waals surface area contributed by atoms with Gasteiger partial charge in [-0.2, -0.15) is 13.2 Å². The summed E-state index contributed by atoms with van der Waals surface area (Å²) in [6.07, 6.45) is -2.19. The van der Waals surface area contributed by atoms with E-state index in [4.69, 9.17) is 15.5 Å². The maximum absolute atomic E-state index is 14.1. The normalized spacial score (nSPS) is 20.5. The molecule has 0 spiro atoms. The average molecular weight is 573 g/mol. The van der Waals surface area contributed by atoms with E-state index in [0.29, 0.717) is 23.9 Å². The Morgan fingerprint density at radius 3 is 2.42 bits per heavy atom. The molecule has 214 valence electrons. The molecular weight excluding hydrogens is 529 g/mol. The van der Waals surface area contributed by atoms with Crippen molar-refractivity contribution in [3.05, 3.63) is 29.6 Å². The van der Waals surface area contributed by atoms with E-state index in [0.717, 1.165) is 30.0 Å². The predicted octanol–water partition coefficient (Wildman–Crippen LogP) is 6.58. The molecule has 38 heavy (non-hydrogen) atoms. The number of halogens is 3. The molecule has 1 aromatic heterocycles. The molecule has 0 radical (unpaired) electrons. The largest absolute Gasteiger partial charge is 0.598 e. The van der Waals surface area contributed by atoms with Crippen molar-refractivity contribution in [2.45, 2.75) is 108 Å². The summed E-state index contributed by atoms with van der Waals surface area (Å²) < 4.78 is 65.7. The molecule has 0 amide bonds. The SMILES string of the molecule is CC(C)(C)[S@@+]([O-])N[C@@H](CC1(C(F)(F)F)CC1)c1nc2ccc([C@H](N)C3CC3)cc2n1COCC[Si](C)(C)C. The third-order valence-corrected chi connectivity index (χ3v) is 11.0. The highest BCUT2D eigenvalue weighted by Gasteiger charge is 2.64. The summed E-state index contributed by atoms with van der Waals surface area (Å²) in [4.78, 5) is 4.82. The number of nitrogens with zero attached hydrogens (tertiary/aromatic N) is 2. The molecule has 2 aromatic rings. The van der Waals surface area contributed by atoms with E-state index in [1.807, 2.05) is 22.8 Å². The summed E-state index contributed by atoms with van der Waals surface area (Å²) >= 11 is -1.59. The van der Waals surface area contributed by atoms with E-state index in [1.54, 1.807) is 20.8 Å². The fraction of sp³-hybridized carbons (Fsp3) is 0.741. The molecule has 2 saturated carbocycles. The van der Waals surface area contributed by atoms with Gasteiger partial charge in [0.25, 0.3) is 0 Å². The van der Waals surface area contributed by atoms with Crippen LogP contribution < -0.4 is 10.5 Å². The first-order chi connectivity index (χ1) is 17.5. The van der Waals surface area contributed by atoms with Gasteiger partial charge in [-0.1, -0.05) is 25.7 Å². The van der Waals surface area contributed by atoms with Crippen molar-refractivity contribution in [3.63, 3.8) is 0 Å². The van der Waals surface area contributed by atoms with Gasteiger partial charge in [0.15, 0.2) is 0 Å². The molecule has 2 fully saturated rings. The molecule has 0 aliphatic heterocycles. The first kappa shape index (κ1) is 29.9. The summed E-state index contributed by atoms with van der Waals surface area (Å²) in [5, 5.41) is 0. The quantitative estimate of drug-likeness (QED) is 0.170. The predicted molar refractivity (Wildman–Crippen MR) is 150 cm³/mol. The van der Waals surface area contributed by atoms with Gasteiger partial charge >= 0.3 is 6.18 Å². The molecule has 3 N–H and O–H groups in total. The van der Waals surface area contributed by atoms with Crippen LogP contribution in [-0.2, 0) is 22.8 Å². The lowest BCUT2D eigenvalue weighted by atomic mass is 9.96. The second-order valence-electron chi connectivity index (χ2n) is 13.4. The lowest BCUT2D eigenvalue weighted by Crippen LogP contribution is -2.43. The zero-order valence-corrected chi connectivity index (χ0v) is 25.3. The molecular formula is C27H43F3N4O2SSi. The lowest BCUT2D eigenvalue weighted by molar-refractivity contribution is -0.190. The smallest absolute Gasteiger partial charge is 0.394 e. The van der Waals surface area contributed by atoms with E-state index in [-0.39, 0.29) is 32.0 Å². The number of nitrogens with two attached hydrogens (primary N) is 1. The molecule has 3 atom stereocenters. The van der Waals surface area contributed by atoms with Gasteiger partial charge < -0.3 is 19.6 Å². The minimum absolute atomic E-state index is 0.0736. The molecule has 4 rings (SSSR count). The average Bonchev–Trinajstić information content (AvgIpc) is 3.71. The minimum atomic E-state index is -4.33. The van der Waals surface area contributed by atoms with Gasteiger partial charge in [-0.3, -0.25) is 0 Å². The van der Waals surface area contributed by atoms with Crippen LogP contribution in [0.1, 0.15) is 76.3 Å². The third kappa shape index (κ3) is 6.96. The van der Waals surface area contributed by atoms with Crippen molar-refractivity contribution in [1.82, 2.24) is 14.3 Å². The number of benzene rings is 1. The number of hydrogen-bond acceptors (Lipinski definition) is 5. The Labute approximate surface area is 228 Å². The first-order valence-electron chi connectivity index (χ1n) is 13.6. The van der Waals surface area contributed by atoms with Gasteiger partial charge in [-0.05, 0) is 82.5 Å². The van der Waals surface area contributed by atoms with Crippen LogP contribution in [-0.4, -0.2) is 39.7 Å². The molecule has 1 heterocycles. The van der Waals surface area contributed by atoms with E-state index in [9.17, 15) is 17.7 Å². The summed E-state index contributed by atoms with van der Waals surface area (Å²) in [6.45, 7) is 13.0. The monoisotopic (exact) mass is 572 g/mol. The summed E-state index contributed by atoms with van der Waals surface area (Å²) in [5.41, 5.74) is 7.16. The summed E-state index contributed by atoms with van der Waals surface area (Å²) in [7, 11) is -1.33. The molecule has 0 unspecified atom stereocenters. The van der Waals surface area contributed by atoms with Crippen molar-refractivity contribution in [2.75, 3.05) is 6.61 Å². The van der Waals surface area contributed by atoms with Crippen molar-refractivity contribution < 1.29 is 22.5 Å². The van der Waals surface area contributed by atoms with Crippen LogP contribution in [0.25, 0.3) is 11.0 Å². The van der Waals surface area contributed by atoms with E-state index < -0.39 is 41.8 Å². The topological polar surface area (TPSA) is 88.2 Å². The summed E-state index contributed by atoms with van der Waals surface area (Å²) in [5.74, 6) is 0.889. The molecule has 0 saturated heterocycles. The summed E-state index contributed by atoms with van der Waals surface area (Å²) in [6, 6.07) is 5.90. The van der Waals surface area contributed by atoms with Crippen LogP contribution in [0.2, 0.25) is 25.7 Å².